The summed E-state index contributed by atoms with van der Waals surface area (Å²) in [7, 11) is 0. The third-order valence-electron chi connectivity index (χ3n) is 4.47. The highest BCUT2D eigenvalue weighted by molar-refractivity contribution is 5.77. The molecule has 2 nitrogen and oxygen atoms in total. The van der Waals surface area contributed by atoms with Gasteiger partial charge < -0.3 is 4.74 Å². The van der Waals surface area contributed by atoms with Crippen molar-refractivity contribution in [2.24, 2.45) is 23.2 Å². The quantitative estimate of drug-likeness (QED) is 0.481. The summed E-state index contributed by atoms with van der Waals surface area (Å²) in [6, 6.07) is 0. The topological polar surface area (TPSA) is 26.3 Å². The van der Waals surface area contributed by atoms with Crippen molar-refractivity contribution in [2.75, 3.05) is 0 Å². The standard InChI is InChI=1S/C9H10O2/c10-8-5-1-4-2-9(4)3-6(11-8)7(5)9/h4-7H,1-3H2. The molecule has 0 aromatic heterocycles. The van der Waals surface area contributed by atoms with Gasteiger partial charge in [-0.05, 0) is 30.6 Å². The van der Waals surface area contributed by atoms with Crippen LogP contribution in [0.1, 0.15) is 19.3 Å². The summed E-state index contributed by atoms with van der Waals surface area (Å²) < 4.78 is 5.25. The van der Waals surface area contributed by atoms with Gasteiger partial charge >= 0.3 is 5.97 Å². The Morgan fingerprint density at radius 2 is 2.36 bits per heavy atom. The highest BCUT2D eigenvalue weighted by Gasteiger charge is 2.79. The number of carbonyl (C=O) groups excluding carboxylic acids is 1. The number of esters is 1. The fraction of sp³-hybridized carbons (Fsp3) is 0.889. The maximum Gasteiger partial charge on any atom is 0.309 e. The molecule has 4 rings (SSSR count). The van der Waals surface area contributed by atoms with E-state index in [2.05, 4.69) is 0 Å². The molecule has 5 atom stereocenters. The third-order valence-corrected chi connectivity index (χ3v) is 4.47. The van der Waals surface area contributed by atoms with Crippen LogP contribution in [-0.4, -0.2) is 12.1 Å². The summed E-state index contributed by atoms with van der Waals surface area (Å²) in [6.07, 6.45) is 4.10. The number of rotatable bonds is 0. The molecule has 11 heavy (non-hydrogen) atoms. The Labute approximate surface area is 64.9 Å². The lowest BCUT2D eigenvalue weighted by atomic mass is 9.67. The van der Waals surface area contributed by atoms with Crippen LogP contribution < -0.4 is 0 Å². The first-order chi connectivity index (χ1) is 5.31. The molecule has 0 radical (unpaired) electrons. The first kappa shape index (κ1) is 5.18. The van der Waals surface area contributed by atoms with E-state index in [9.17, 15) is 4.79 Å². The Morgan fingerprint density at radius 1 is 1.45 bits per heavy atom. The van der Waals surface area contributed by atoms with Gasteiger partial charge in [0.1, 0.15) is 6.10 Å². The molecule has 0 amide bonds. The molecule has 0 bridgehead atoms. The number of ether oxygens (including phenoxy) is 1. The molecule has 0 aromatic carbocycles. The average molecular weight is 150 g/mol. The van der Waals surface area contributed by atoms with Gasteiger partial charge in [0.15, 0.2) is 0 Å². The van der Waals surface area contributed by atoms with Gasteiger partial charge in [0.25, 0.3) is 0 Å². The summed E-state index contributed by atoms with van der Waals surface area (Å²) in [5, 5.41) is 0. The van der Waals surface area contributed by atoms with Crippen molar-refractivity contribution in [1.29, 1.82) is 0 Å². The molecule has 1 aliphatic heterocycles. The fourth-order valence-electron chi connectivity index (χ4n) is 3.93. The van der Waals surface area contributed by atoms with E-state index in [4.69, 9.17) is 4.74 Å². The predicted octanol–water partition coefficient (Wildman–Crippen LogP) is 0.958. The van der Waals surface area contributed by atoms with Crippen LogP contribution >= 0.6 is 0 Å². The first-order valence-electron chi connectivity index (χ1n) is 4.52. The smallest absolute Gasteiger partial charge is 0.309 e. The molecule has 1 saturated heterocycles. The van der Waals surface area contributed by atoms with Crippen LogP contribution in [0.4, 0.5) is 0 Å². The van der Waals surface area contributed by atoms with Gasteiger partial charge in [-0.15, -0.1) is 0 Å². The molecular formula is C9H10O2. The molecular weight excluding hydrogens is 140 g/mol. The molecule has 0 N–H and O–H groups in total. The molecule has 1 spiro atoms. The summed E-state index contributed by atoms with van der Waals surface area (Å²) in [5.74, 6) is 2.03. The summed E-state index contributed by atoms with van der Waals surface area (Å²) >= 11 is 0. The van der Waals surface area contributed by atoms with Crippen LogP contribution in [0.2, 0.25) is 0 Å². The second-order valence-corrected chi connectivity index (χ2v) is 4.68. The van der Waals surface area contributed by atoms with Gasteiger partial charge in [-0.2, -0.15) is 0 Å². The van der Waals surface area contributed by atoms with E-state index >= 15 is 0 Å². The lowest BCUT2D eigenvalue weighted by molar-refractivity contribution is -0.147. The molecule has 4 aliphatic rings. The van der Waals surface area contributed by atoms with Gasteiger partial charge in [0.05, 0.1) is 5.92 Å². The number of hydrogen-bond donors (Lipinski definition) is 0. The second-order valence-electron chi connectivity index (χ2n) is 4.68. The molecule has 58 valence electrons. The Hall–Kier alpha value is -0.530. The van der Waals surface area contributed by atoms with E-state index < -0.39 is 0 Å². The zero-order valence-corrected chi connectivity index (χ0v) is 6.25. The first-order valence-corrected chi connectivity index (χ1v) is 4.52. The largest absolute Gasteiger partial charge is 0.462 e. The van der Waals surface area contributed by atoms with Crippen molar-refractivity contribution in [3.05, 3.63) is 0 Å². The van der Waals surface area contributed by atoms with Gasteiger partial charge in [-0.25, -0.2) is 0 Å². The Morgan fingerprint density at radius 3 is 3.18 bits per heavy atom. The molecule has 2 heteroatoms. The fourth-order valence-corrected chi connectivity index (χ4v) is 3.93. The lowest BCUT2D eigenvalue weighted by Crippen LogP contribution is -2.40. The average Bonchev–Trinajstić information content (AvgIpc) is 2.47. The van der Waals surface area contributed by atoms with Gasteiger partial charge in [0.2, 0.25) is 0 Å². The van der Waals surface area contributed by atoms with E-state index in [0.29, 0.717) is 23.4 Å². The normalized spacial score (nSPS) is 68.2. The molecule has 3 saturated carbocycles. The van der Waals surface area contributed by atoms with Crippen molar-refractivity contribution in [2.45, 2.75) is 25.4 Å². The zero-order chi connectivity index (χ0) is 7.22. The minimum absolute atomic E-state index is 0.115. The Balaban J connectivity index is 1.87. The van der Waals surface area contributed by atoms with E-state index in [1.54, 1.807) is 0 Å². The maximum absolute atomic E-state index is 11.2. The minimum Gasteiger partial charge on any atom is -0.462 e. The van der Waals surface area contributed by atoms with Crippen molar-refractivity contribution < 1.29 is 9.53 Å². The summed E-state index contributed by atoms with van der Waals surface area (Å²) in [5.41, 5.74) is 0.640. The molecule has 1 heterocycles. The second kappa shape index (κ2) is 1.13. The third kappa shape index (κ3) is 0.339. The monoisotopic (exact) mass is 150 g/mol. The predicted molar refractivity (Wildman–Crippen MR) is 36.6 cm³/mol. The van der Waals surface area contributed by atoms with E-state index in [1.165, 1.54) is 12.8 Å². The molecule has 3 aliphatic carbocycles. The van der Waals surface area contributed by atoms with Crippen molar-refractivity contribution >= 4 is 5.97 Å². The lowest BCUT2D eigenvalue weighted by Gasteiger charge is -2.38. The van der Waals surface area contributed by atoms with E-state index in [0.717, 1.165) is 12.3 Å². The molecule has 5 unspecified atom stereocenters. The van der Waals surface area contributed by atoms with Crippen LogP contribution in [0.15, 0.2) is 0 Å². The van der Waals surface area contributed by atoms with Crippen molar-refractivity contribution in [1.82, 2.24) is 0 Å². The zero-order valence-electron chi connectivity index (χ0n) is 6.25. The van der Waals surface area contributed by atoms with Gasteiger partial charge in [0, 0.05) is 5.92 Å². The Bertz CT molecular complexity index is 273. The SMILES string of the molecule is O=C1OC2CC34CC3CC1C24. The van der Waals surface area contributed by atoms with Crippen LogP contribution in [0.3, 0.4) is 0 Å². The summed E-state index contributed by atoms with van der Waals surface area (Å²) in [4.78, 5) is 11.2. The van der Waals surface area contributed by atoms with Crippen LogP contribution in [-0.2, 0) is 9.53 Å². The Kier molecular flexibility index (Phi) is 0.534. The van der Waals surface area contributed by atoms with Crippen LogP contribution in [0.5, 0.6) is 0 Å². The van der Waals surface area contributed by atoms with Crippen molar-refractivity contribution in [3.8, 4) is 0 Å². The molecule has 4 fully saturated rings. The van der Waals surface area contributed by atoms with Crippen LogP contribution in [0, 0.1) is 23.2 Å². The minimum atomic E-state index is 0.115. The van der Waals surface area contributed by atoms with Crippen molar-refractivity contribution in [3.63, 3.8) is 0 Å². The van der Waals surface area contributed by atoms with Gasteiger partial charge in [-0.3, -0.25) is 4.79 Å². The summed E-state index contributed by atoms with van der Waals surface area (Å²) in [6.45, 7) is 0. The highest BCUT2D eigenvalue weighted by Crippen LogP contribution is 2.80. The van der Waals surface area contributed by atoms with Gasteiger partial charge in [-0.1, -0.05) is 0 Å². The van der Waals surface area contributed by atoms with E-state index in [-0.39, 0.29) is 5.97 Å². The maximum atomic E-state index is 11.2. The number of carbonyl (C=O) groups is 1. The molecule has 0 aromatic rings. The van der Waals surface area contributed by atoms with E-state index in [1.807, 2.05) is 0 Å². The number of hydrogen-bond acceptors (Lipinski definition) is 2. The van der Waals surface area contributed by atoms with Crippen LogP contribution in [0.25, 0.3) is 0 Å². The highest BCUT2D eigenvalue weighted by atomic mass is 16.6.